The molecule has 3 aromatic heterocycles. The molecule has 0 radical (unpaired) electrons. The van der Waals surface area contributed by atoms with Crippen molar-refractivity contribution >= 4 is 33.4 Å². The van der Waals surface area contributed by atoms with Gasteiger partial charge in [0.05, 0.1) is 17.5 Å². The molecular weight excluding hydrogens is 339 g/mol. The number of thiazole rings is 1. The van der Waals surface area contributed by atoms with Crippen molar-refractivity contribution in [3.8, 4) is 11.3 Å². The van der Waals surface area contributed by atoms with Crippen LogP contribution in [0.1, 0.15) is 5.56 Å². The van der Waals surface area contributed by atoms with Gasteiger partial charge >= 0.3 is 0 Å². The molecule has 0 atom stereocenters. The van der Waals surface area contributed by atoms with E-state index in [1.807, 2.05) is 30.3 Å². The predicted octanol–water partition coefficient (Wildman–Crippen LogP) is 4.01. The Bertz CT molecular complexity index is 1040. The third kappa shape index (κ3) is 3.14. The monoisotopic (exact) mass is 352 g/mol. The molecule has 0 bridgehead atoms. The molecule has 1 aromatic carbocycles. The highest BCUT2D eigenvalue weighted by Gasteiger charge is 2.15. The van der Waals surface area contributed by atoms with Gasteiger partial charge in [-0.2, -0.15) is 0 Å². The van der Waals surface area contributed by atoms with E-state index in [2.05, 4.69) is 20.3 Å². The molecule has 0 saturated heterocycles. The first-order valence-electron chi connectivity index (χ1n) is 7.62. The van der Waals surface area contributed by atoms with E-state index in [1.54, 1.807) is 11.6 Å². The maximum atomic E-state index is 14.1. The average Bonchev–Trinajstić information content (AvgIpc) is 3.23. The van der Waals surface area contributed by atoms with E-state index in [0.717, 1.165) is 5.56 Å². The molecule has 3 heterocycles. The van der Waals surface area contributed by atoms with E-state index in [0.29, 0.717) is 27.4 Å². The fourth-order valence-electron chi connectivity index (χ4n) is 2.62. The van der Waals surface area contributed by atoms with Crippen LogP contribution in [0.4, 0.5) is 9.52 Å². The number of halogens is 1. The first kappa shape index (κ1) is 15.5. The minimum Gasteiger partial charge on any atom is -0.345 e. The summed E-state index contributed by atoms with van der Waals surface area (Å²) in [5.74, 6) is -0.497. The lowest BCUT2D eigenvalue weighted by atomic mass is 10.1. The number of nitrogens with zero attached hydrogens (tertiary/aromatic N) is 2. The molecule has 0 unspecified atom stereocenters. The van der Waals surface area contributed by atoms with E-state index >= 15 is 0 Å². The van der Waals surface area contributed by atoms with Gasteiger partial charge in [0.1, 0.15) is 11.5 Å². The molecule has 0 spiro atoms. The Morgan fingerprint density at radius 1 is 1.24 bits per heavy atom. The average molecular weight is 352 g/mol. The summed E-state index contributed by atoms with van der Waals surface area (Å²) >= 11 is 1.30. The lowest BCUT2D eigenvalue weighted by Gasteiger charge is -2.01. The summed E-state index contributed by atoms with van der Waals surface area (Å²) in [6.07, 6.45) is 3.36. The fraction of sp³-hybridized carbons (Fsp3) is 0.0556. The van der Waals surface area contributed by atoms with Crippen molar-refractivity contribution in [2.75, 3.05) is 5.32 Å². The normalized spacial score (nSPS) is 10.9. The Balaban J connectivity index is 1.55. The van der Waals surface area contributed by atoms with Crippen molar-refractivity contribution in [2.24, 2.45) is 0 Å². The molecule has 124 valence electrons. The van der Waals surface area contributed by atoms with Gasteiger partial charge in [-0.25, -0.2) is 14.4 Å². The number of nitrogens with one attached hydrogen (secondary N) is 2. The van der Waals surface area contributed by atoms with Crippen LogP contribution in [0.25, 0.3) is 22.3 Å². The molecular formula is C18H13FN4OS. The molecule has 0 aliphatic rings. The van der Waals surface area contributed by atoms with Crippen molar-refractivity contribution in [3.63, 3.8) is 0 Å². The zero-order valence-corrected chi connectivity index (χ0v) is 13.8. The van der Waals surface area contributed by atoms with Crippen LogP contribution in [-0.4, -0.2) is 20.9 Å². The first-order chi connectivity index (χ1) is 12.2. The Morgan fingerprint density at radius 3 is 2.92 bits per heavy atom. The molecule has 0 aliphatic carbocycles. The number of fused-ring (bicyclic) bond motifs is 1. The summed E-state index contributed by atoms with van der Waals surface area (Å²) in [4.78, 5) is 23.6. The Hall–Kier alpha value is -3.06. The lowest BCUT2D eigenvalue weighted by molar-refractivity contribution is -0.115. The highest BCUT2D eigenvalue weighted by atomic mass is 32.1. The number of anilines is 1. The van der Waals surface area contributed by atoms with Gasteiger partial charge in [-0.15, -0.1) is 11.3 Å². The molecule has 1 amide bonds. The van der Waals surface area contributed by atoms with Crippen molar-refractivity contribution in [1.29, 1.82) is 0 Å². The number of pyridine rings is 1. The second-order valence-corrected chi connectivity index (χ2v) is 6.33. The van der Waals surface area contributed by atoms with Crippen molar-refractivity contribution in [3.05, 3.63) is 65.6 Å². The SMILES string of the molecule is O=C(Cc1ccccc1)Nc1nc(-c2c[nH]c3nccc(F)c23)cs1. The highest BCUT2D eigenvalue weighted by Crippen LogP contribution is 2.31. The number of hydrogen-bond acceptors (Lipinski definition) is 4. The summed E-state index contributed by atoms with van der Waals surface area (Å²) in [6, 6.07) is 10.8. The number of hydrogen-bond donors (Lipinski definition) is 2. The minimum absolute atomic E-state index is 0.140. The van der Waals surface area contributed by atoms with E-state index in [9.17, 15) is 9.18 Å². The lowest BCUT2D eigenvalue weighted by Crippen LogP contribution is -2.14. The molecule has 0 saturated carbocycles. The molecule has 4 rings (SSSR count). The van der Waals surface area contributed by atoms with Gasteiger partial charge in [-0.3, -0.25) is 4.79 Å². The minimum atomic E-state index is -0.357. The number of amides is 1. The number of carbonyl (C=O) groups is 1. The number of aromatic amines is 1. The molecule has 0 fully saturated rings. The number of benzene rings is 1. The van der Waals surface area contributed by atoms with Crippen LogP contribution in [0.5, 0.6) is 0 Å². The summed E-state index contributed by atoms with van der Waals surface area (Å²) < 4.78 is 14.1. The van der Waals surface area contributed by atoms with Gasteiger partial charge < -0.3 is 10.3 Å². The quantitative estimate of drug-likeness (QED) is 0.583. The van der Waals surface area contributed by atoms with Crippen LogP contribution in [0.3, 0.4) is 0 Å². The summed E-state index contributed by atoms with van der Waals surface area (Å²) in [6.45, 7) is 0. The van der Waals surface area contributed by atoms with Crippen LogP contribution >= 0.6 is 11.3 Å². The first-order valence-corrected chi connectivity index (χ1v) is 8.50. The highest BCUT2D eigenvalue weighted by molar-refractivity contribution is 7.14. The fourth-order valence-corrected chi connectivity index (χ4v) is 3.34. The van der Waals surface area contributed by atoms with E-state index in [4.69, 9.17) is 0 Å². The number of H-pyrrole nitrogens is 1. The summed E-state index contributed by atoms with van der Waals surface area (Å²) in [5, 5.41) is 5.45. The third-order valence-corrected chi connectivity index (χ3v) is 4.51. The van der Waals surface area contributed by atoms with Gasteiger partial charge in [-0.05, 0) is 11.6 Å². The summed E-state index contributed by atoms with van der Waals surface area (Å²) in [7, 11) is 0. The Kier molecular flexibility index (Phi) is 3.99. The second-order valence-electron chi connectivity index (χ2n) is 5.47. The van der Waals surface area contributed by atoms with Crippen LogP contribution < -0.4 is 5.32 Å². The molecule has 7 heteroatoms. The third-order valence-electron chi connectivity index (χ3n) is 3.76. The Labute approximate surface area is 146 Å². The standard InChI is InChI=1S/C18H13FN4OS/c19-13-6-7-20-17-16(13)12(9-21-17)14-10-25-18(22-14)23-15(24)8-11-4-2-1-3-5-11/h1-7,9-10H,8H2,(H,20,21)(H,22,23,24). The number of carbonyl (C=O) groups excluding carboxylic acids is 1. The molecule has 4 aromatic rings. The van der Waals surface area contributed by atoms with Gasteiger partial charge in [0.25, 0.3) is 0 Å². The van der Waals surface area contributed by atoms with E-state index in [1.165, 1.54) is 23.6 Å². The second kappa shape index (κ2) is 6.45. The topological polar surface area (TPSA) is 70.7 Å². The predicted molar refractivity (Wildman–Crippen MR) is 95.9 cm³/mol. The van der Waals surface area contributed by atoms with Crippen LogP contribution in [0, 0.1) is 5.82 Å². The van der Waals surface area contributed by atoms with Gasteiger partial charge in [0.15, 0.2) is 5.13 Å². The van der Waals surface area contributed by atoms with Gasteiger partial charge in [0, 0.05) is 23.3 Å². The van der Waals surface area contributed by atoms with Gasteiger partial charge in [-0.1, -0.05) is 30.3 Å². The van der Waals surface area contributed by atoms with Crippen LogP contribution in [0.2, 0.25) is 0 Å². The van der Waals surface area contributed by atoms with Gasteiger partial charge in [0.2, 0.25) is 5.91 Å². The maximum Gasteiger partial charge on any atom is 0.230 e. The number of aromatic nitrogens is 3. The Morgan fingerprint density at radius 2 is 2.08 bits per heavy atom. The zero-order valence-electron chi connectivity index (χ0n) is 13.0. The van der Waals surface area contributed by atoms with E-state index in [-0.39, 0.29) is 18.1 Å². The summed E-state index contributed by atoms with van der Waals surface area (Å²) in [5.41, 5.74) is 2.62. The van der Waals surface area contributed by atoms with E-state index < -0.39 is 0 Å². The van der Waals surface area contributed by atoms with Crippen molar-refractivity contribution < 1.29 is 9.18 Å². The maximum absolute atomic E-state index is 14.1. The van der Waals surface area contributed by atoms with Crippen molar-refractivity contribution in [2.45, 2.75) is 6.42 Å². The zero-order chi connectivity index (χ0) is 17.2. The smallest absolute Gasteiger partial charge is 0.230 e. The molecule has 5 nitrogen and oxygen atoms in total. The van der Waals surface area contributed by atoms with Crippen LogP contribution in [0.15, 0.2) is 54.2 Å². The van der Waals surface area contributed by atoms with Crippen molar-refractivity contribution in [1.82, 2.24) is 15.0 Å². The largest absolute Gasteiger partial charge is 0.345 e. The number of rotatable bonds is 4. The molecule has 0 aliphatic heterocycles. The molecule has 2 N–H and O–H groups in total. The molecule has 25 heavy (non-hydrogen) atoms. The van der Waals surface area contributed by atoms with Crippen LogP contribution in [-0.2, 0) is 11.2 Å².